The first kappa shape index (κ1) is 13.8. The largest absolute Gasteiger partial charge is 0.477 e. The second kappa shape index (κ2) is 5.33. The fraction of sp³-hybridized carbons (Fsp3) is 0.500. The molecule has 0 aromatic carbocycles. The SMILES string of the molecule is Cc1[nH]c(C(=O)O)c(C)c1-c1n[nH]c(C2CCOCC2)n1. The standard InChI is InChI=1S/C14H18N4O3/c1-7-10(8(2)15-11(7)14(19)20)13-16-12(17-18-13)9-3-5-21-6-4-9/h9,15H,3-6H2,1-2H3,(H,19,20)(H,16,17,18). The van der Waals surface area contributed by atoms with Crippen LogP contribution in [0.25, 0.3) is 11.4 Å². The maximum Gasteiger partial charge on any atom is 0.352 e. The van der Waals surface area contributed by atoms with E-state index < -0.39 is 5.97 Å². The van der Waals surface area contributed by atoms with Crippen LogP contribution in [0, 0.1) is 13.8 Å². The molecule has 3 N–H and O–H groups in total. The van der Waals surface area contributed by atoms with E-state index in [0.29, 0.717) is 17.3 Å². The molecule has 0 saturated carbocycles. The number of aryl methyl sites for hydroxylation is 1. The Bertz CT molecular complexity index is 668. The van der Waals surface area contributed by atoms with Gasteiger partial charge >= 0.3 is 5.97 Å². The fourth-order valence-corrected chi connectivity index (χ4v) is 2.84. The van der Waals surface area contributed by atoms with E-state index in [-0.39, 0.29) is 5.69 Å². The smallest absolute Gasteiger partial charge is 0.352 e. The second-order valence-corrected chi connectivity index (χ2v) is 5.36. The van der Waals surface area contributed by atoms with Crippen molar-refractivity contribution in [3.63, 3.8) is 0 Å². The number of hydrogen-bond donors (Lipinski definition) is 3. The second-order valence-electron chi connectivity index (χ2n) is 5.36. The van der Waals surface area contributed by atoms with Gasteiger partial charge in [-0.3, -0.25) is 5.10 Å². The van der Waals surface area contributed by atoms with Gasteiger partial charge in [-0.25, -0.2) is 9.78 Å². The number of carboxylic acid groups (broad SMARTS) is 1. The fourth-order valence-electron chi connectivity index (χ4n) is 2.84. The Morgan fingerprint density at radius 2 is 2.05 bits per heavy atom. The molecule has 21 heavy (non-hydrogen) atoms. The van der Waals surface area contributed by atoms with Crippen molar-refractivity contribution in [2.75, 3.05) is 13.2 Å². The summed E-state index contributed by atoms with van der Waals surface area (Å²) < 4.78 is 5.35. The van der Waals surface area contributed by atoms with Gasteiger partial charge in [-0.1, -0.05) is 0 Å². The van der Waals surface area contributed by atoms with Gasteiger partial charge in [0, 0.05) is 30.4 Å². The first-order valence-electron chi connectivity index (χ1n) is 7.00. The van der Waals surface area contributed by atoms with Crippen LogP contribution in [0.4, 0.5) is 0 Å². The summed E-state index contributed by atoms with van der Waals surface area (Å²) in [6.07, 6.45) is 1.86. The lowest BCUT2D eigenvalue weighted by atomic mass is 10.00. The van der Waals surface area contributed by atoms with E-state index in [4.69, 9.17) is 9.84 Å². The summed E-state index contributed by atoms with van der Waals surface area (Å²) in [5.74, 6) is 0.765. The molecule has 7 heteroatoms. The van der Waals surface area contributed by atoms with Crippen molar-refractivity contribution in [3.05, 3.63) is 22.8 Å². The predicted octanol–water partition coefficient (Wildman–Crippen LogP) is 2.01. The van der Waals surface area contributed by atoms with E-state index in [1.807, 2.05) is 6.92 Å². The third-order valence-corrected chi connectivity index (χ3v) is 3.99. The monoisotopic (exact) mass is 290 g/mol. The van der Waals surface area contributed by atoms with Gasteiger partial charge in [0.15, 0.2) is 5.82 Å². The van der Waals surface area contributed by atoms with Crippen LogP contribution in [-0.2, 0) is 4.74 Å². The Hall–Kier alpha value is -2.15. The summed E-state index contributed by atoms with van der Waals surface area (Å²) in [5, 5.41) is 16.4. The molecule has 0 atom stereocenters. The third-order valence-electron chi connectivity index (χ3n) is 3.99. The van der Waals surface area contributed by atoms with E-state index in [0.717, 1.165) is 43.1 Å². The van der Waals surface area contributed by atoms with Crippen molar-refractivity contribution in [3.8, 4) is 11.4 Å². The zero-order chi connectivity index (χ0) is 15.0. The molecule has 0 amide bonds. The maximum absolute atomic E-state index is 11.2. The molecule has 3 rings (SSSR count). The number of ether oxygens (including phenoxy) is 1. The molecule has 1 fully saturated rings. The zero-order valence-corrected chi connectivity index (χ0v) is 12.1. The number of nitrogens with one attached hydrogen (secondary N) is 2. The highest BCUT2D eigenvalue weighted by Crippen LogP contribution is 2.29. The summed E-state index contributed by atoms with van der Waals surface area (Å²) >= 11 is 0. The van der Waals surface area contributed by atoms with Crippen LogP contribution in [0.1, 0.15) is 46.3 Å². The average molecular weight is 290 g/mol. The molecule has 0 radical (unpaired) electrons. The molecule has 2 aromatic rings. The Morgan fingerprint density at radius 1 is 1.33 bits per heavy atom. The normalized spacial score (nSPS) is 16.3. The maximum atomic E-state index is 11.2. The molecule has 1 saturated heterocycles. The van der Waals surface area contributed by atoms with Gasteiger partial charge in [-0.2, -0.15) is 5.10 Å². The summed E-state index contributed by atoms with van der Waals surface area (Å²) in [5.41, 5.74) is 2.39. The predicted molar refractivity (Wildman–Crippen MR) is 75.4 cm³/mol. The number of nitrogens with zero attached hydrogens (tertiary/aromatic N) is 2. The quantitative estimate of drug-likeness (QED) is 0.802. The van der Waals surface area contributed by atoms with E-state index in [9.17, 15) is 4.79 Å². The zero-order valence-electron chi connectivity index (χ0n) is 12.1. The highest BCUT2D eigenvalue weighted by Gasteiger charge is 2.23. The molecule has 0 spiro atoms. The molecule has 2 aromatic heterocycles. The highest BCUT2D eigenvalue weighted by atomic mass is 16.5. The average Bonchev–Trinajstić information content (AvgIpc) is 3.05. The molecule has 0 unspecified atom stereocenters. The van der Waals surface area contributed by atoms with E-state index >= 15 is 0 Å². The number of aromatic carboxylic acids is 1. The van der Waals surface area contributed by atoms with Crippen LogP contribution in [-0.4, -0.2) is 44.5 Å². The number of carbonyl (C=O) groups is 1. The van der Waals surface area contributed by atoms with Gasteiger partial charge in [-0.05, 0) is 32.3 Å². The molecular formula is C14H18N4O3. The van der Waals surface area contributed by atoms with Crippen LogP contribution in [0.2, 0.25) is 0 Å². The molecule has 112 valence electrons. The van der Waals surface area contributed by atoms with Crippen LogP contribution >= 0.6 is 0 Å². The van der Waals surface area contributed by atoms with Crippen molar-refractivity contribution < 1.29 is 14.6 Å². The van der Waals surface area contributed by atoms with Gasteiger partial charge in [0.25, 0.3) is 0 Å². The number of rotatable bonds is 3. The molecule has 0 aliphatic carbocycles. The summed E-state index contributed by atoms with van der Waals surface area (Å²) in [4.78, 5) is 18.6. The van der Waals surface area contributed by atoms with Crippen LogP contribution in [0.5, 0.6) is 0 Å². The molecule has 0 bridgehead atoms. The topological polar surface area (TPSA) is 104 Å². The summed E-state index contributed by atoms with van der Waals surface area (Å²) in [7, 11) is 0. The lowest BCUT2D eigenvalue weighted by molar-refractivity contribution is 0.0690. The van der Waals surface area contributed by atoms with Gasteiger partial charge in [0.1, 0.15) is 11.5 Å². The number of aromatic amines is 2. The highest BCUT2D eigenvalue weighted by molar-refractivity contribution is 5.90. The van der Waals surface area contributed by atoms with Crippen molar-refractivity contribution in [2.24, 2.45) is 0 Å². The van der Waals surface area contributed by atoms with Crippen LogP contribution in [0.3, 0.4) is 0 Å². The minimum Gasteiger partial charge on any atom is -0.477 e. The lowest BCUT2D eigenvalue weighted by Crippen LogP contribution is -2.15. The van der Waals surface area contributed by atoms with E-state index in [1.54, 1.807) is 6.92 Å². The van der Waals surface area contributed by atoms with Crippen molar-refractivity contribution in [1.29, 1.82) is 0 Å². The molecule has 3 heterocycles. The van der Waals surface area contributed by atoms with Crippen LogP contribution < -0.4 is 0 Å². The lowest BCUT2D eigenvalue weighted by Gasteiger charge is -2.19. The number of H-pyrrole nitrogens is 2. The molecule has 1 aliphatic rings. The van der Waals surface area contributed by atoms with E-state index in [2.05, 4.69) is 20.2 Å². The Balaban J connectivity index is 1.94. The van der Waals surface area contributed by atoms with Crippen molar-refractivity contribution in [2.45, 2.75) is 32.6 Å². The van der Waals surface area contributed by atoms with Crippen molar-refractivity contribution >= 4 is 5.97 Å². The molecule has 1 aliphatic heterocycles. The number of hydrogen-bond acceptors (Lipinski definition) is 4. The van der Waals surface area contributed by atoms with Gasteiger partial charge < -0.3 is 14.8 Å². The Kier molecular flexibility index (Phi) is 3.50. The third kappa shape index (κ3) is 2.44. The first-order valence-corrected chi connectivity index (χ1v) is 7.00. The minimum atomic E-state index is -0.970. The van der Waals surface area contributed by atoms with Gasteiger partial charge in [0.05, 0.1) is 0 Å². The van der Waals surface area contributed by atoms with Gasteiger partial charge in [0.2, 0.25) is 0 Å². The first-order chi connectivity index (χ1) is 10.1. The number of carboxylic acids is 1. The Labute approximate surface area is 121 Å². The molecular weight excluding hydrogens is 272 g/mol. The van der Waals surface area contributed by atoms with Gasteiger partial charge in [-0.15, -0.1) is 0 Å². The summed E-state index contributed by atoms with van der Waals surface area (Å²) in [6, 6.07) is 0. The minimum absolute atomic E-state index is 0.194. The Morgan fingerprint density at radius 3 is 2.67 bits per heavy atom. The summed E-state index contributed by atoms with van der Waals surface area (Å²) in [6.45, 7) is 5.09. The van der Waals surface area contributed by atoms with Crippen molar-refractivity contribution in [1.82, 2.24) is 20.2 Å². The number of aromatic nitrogens is 4. The van der Waals surface area contributed by atoms with Crippen LogP contribution in [0.15, 0.2) is 0 Å². The molecule has 7 nitrogen and oxygen atoms in total. The van der Waals surface area contributed by atoms with E-state index in [1.165, 1.54) is 0 Å².